The fraction of sp³-hybridized carbons (Fsp3) is 0. The first kappa shape index (κ1) is 28.8. The fourth-order valence-corrected chi connectivity index (χ4v) is 8.61. The first-order valence-corrected chi connectivity index (χ1v) is 17.6. The number of pyridine rings is 1. The minimum Gasteiger partial charge on any atom is -0.309 e. The van der Waals surface area contributed by atoms with E-state index >= 15 is 0 Å². The Morgan fingerprint density at radius 1 is 0.500 bits per heavy atom. The Morgan fingerprint density at radius 2 is 1.13 bits per heavy atom. The van der Waals surface area contributed by atoms with E-state index in [1.165, 1.54) is 55.1 Å². The van der Waals surface area contributed by atoms with Crippen molar-refractivity contribution in [2.45, 2.75) is 0 Å². The molecule has 0 bridgehead atoms. The third kappa shape index (κ3) is 3.92. The van der Waals surface area contributed by atoms with Gasteiger partial charge in [-0.3, -0.25) is 4.57 Å². The van der Waals surface area contributed by atoms with Gasteiger partial charge in [-0.1, -0.05) is 104 Å². The number of aromatic nitrogens is 3. The standard InChI is InChI=1S/C48H30N4/c1-2-35-37-17-10-13-33-27-46(50-48(47(33)37)41(35)28-49)52-42-18-9-8-16-36(42)38-24-31(20-22-44(38)52)32-19-21-43-39(25-32)40-23-29-11-6-7-12-30(29)26-45(40)51(43)34-14-4-3-5-15-34/h2-28,49H,1H2. The predicted molar refractivity (Wildman–Crippen MR) is 219 cm³/mol. The molecule has 0 amide bonds. The van der Waals surface area contributed by atoms with E-state index < -0.39 is 0 Å². The Hall–Kier alpha value is -7.04. The third-order valence-electron chi connectivity index (χ3n) is 10.9. The lowest BCUT2D eigenvalue weighted by Crippen LogP contribution is -2.00. The molecule has 0 aliphatic heterocycles. The van der Waals surface area contributed by atoms with Crippen molar-refractivity contribution in [2.75, 3.05) is 0 Å². The summed E-state index contributed by atoms with van der Waals surface area (Å²) in [4.78, 5) is 5.26. The van der Waals surface area contributed by atoms with E-state index in [9.17, 15) is 0 Å². The SMILES string of the molecule is C=CC1=C(C=N)c2nc(-n3c4ccccc4c4cc(-c5ccc6c(c5)c5cc7ccccc7cc5n6-c5ccccc5)ccc43)cc3cccc1c23. The second-order valence-corrected chi connectivity index (χ2v) is 13.6. The lowest BCUT2D eigenvalue weighted by atomic mass is 10.00. The van der Waals surface area contributed by atoms with Gasteiger partial charge >= 0.3 is 0 Å². The van der Waals surface area contributed by atoms with Crippen LogP contribution >= 0.6 is 0 Å². The number of para-hydroxylation sites is 2. The van der Waals surface area contributed by atoms with Crippen LogP contribution in [0.3, 0.4) is 0 Å². The van der Waals surface area contributed by atoms with Crippen LogP contribution in [-0.4, -0.2) is 20.3 Å². The number of hydrogen-bond acceptors (Lipinski definition) is 2. The van der Waals surface area contributed by atoms with Crippen molar-refractivity contribution in [3.8, 4) is 22.6 Å². The minimum absolute atomic E-state index is 0.808. The van der Waals surface area contributed by atoms with Crippen LogP contribution < -0.4 is 0 Å². The average molecular weight is 663 g/mol. The number of nitrogens with one attached hydrogen (secondary N) is 1. The molecule has 0 saturated heterocycles. The highest BCUT2D eigenvalue weighted by Gasteiger charge is 2.25. The molecule has 3 aromatic heterocycles. The molecule has 52 heavy (non-hydrogen) atoms. The normalized spacial score (nSPS) is 12.7. The quantitative estimate of drug-likeness (QED) is 0.183. The van der Waals surface area contributed by atoms with Crippen molar-refractivity contribution in [3.05, 3.63) is 176 Å². The molecule has 3 heterocycles. The van der Waals surface area contributed by atoms with Gasteiger partial charge in [0.25, 0.3) is 0 Å². The van der Waals surface area contributed by atoms with Crippen LogP contribution in [0.2, 0.25) is 0 Å². The summed E-state index contributed by atoms with van der Waals surface area (Å²) in [6.07, 6.45) is 3.26. The van der Waals surface area contributed by atoms with Crippen LogP contribution in [0.1, 0.15) is 11.3 Å². The summed E-state index contributed by atoms with van der Waals surface area (Å²) in [6.45, 7) is 4.06. The maximum atomic E-state index is 8.28. The van der Waals surface area contributed by atoms with Gasteiger partial charge in [0.05, 0.1) is 27.8 Å². The molecule has 11 rings (SSSR count). The topological polar surface area (TPSA) is 46.6 Å². The van der Waals surface area contributed by atoms with Gasteiger partial charge in [0.1, 0.15) is 5.82 Å². The van der Waals surface area contributed by atoms with Crippen molar-refractivity contribution < 1.29 is 0 Å². The molecular formula is C48H30N4. The molecule has 0 saturated carbocycles. The van der Waals surface area contributed by atoms with E-state index in [4.69, 9.17) is 10.4 Å². The summed E-state index contributed by atoms with van der Waals surface area (Å²) in [5, 5.41) is 17.8. The molecule has 0 spiro atoms. The molecule has 4 heteroatoms. The van der Waals surface area contributed by atoms with Crippen LogP contribution in [-0.2, 0) is 0 Å². The summed E-state index contributed by atoms with van der Waals surface area (Å²) in [5.74, 6) is 0.839. The minimum atomic E-state index is 0.808. The first-order valence-electron chi connectivity index (χ1n) is 17.6. The molecule has 7 aromatic carbocycles. The van der Waals surface area contributed by atoms with Gasteiger partial charge in [-0.2, -0.15) is 0 Å². The number of benzene rings is 7. The highest BCUT2D eigenvalue weighted by atomic mass is 15.1. The predicted octanol–water partition coefficient (Wildman–Crippen LogP) is 12.3. The number of hydrogen-bond donors (Lipinski definition) is 1. The highest BCUT2D eigenvalue weighted by Crippen LogP contribution is 2.43. The monoisotopic (exact) mass is 662 g/mol. The lowest BCUT2D eigenvalue weighted by Gasteiger charge is -2.11. The first-order chi connectivity index (χ1) is 25.7. The van der Waals surface area contributed by atoms with Crippen LogP contribution in [0, 0.1) is 5.41 Å². The molecule has 0 radical (unpaired) electrons. The van der Waals surface area contributed by atoms with Crippen LogP contribution in [0.5, 0.6) is 0 Å². The summed E-state index contributed by atoms with van der Waals surface area (Å²) >= 11 is 0. The Labute approximate surface area is 299 Å². The van der Waals surface area contributed by atoms with Gasteiger partial charge in [0.2, 0.25) is 0 Å². The Balaban J connectivity index is 1.13. The smallest absolute Gasteiger partial charge is 0.138 e. The zero-order valence-electron chi connectivity index (χ0n) is 28.1. The van der Waals surface area contributed by atoms with Gasteiger partial charge in [-0.25, -0.2) is 4.98 Å². The summed E-state index contributed by atoms with van der Waals surface area (Å²) in [6, 6.07) is 54.7. The average Bonchev–Trinajstić information content (AvgIpc) is 3.82. The molecule has 1 N–H and O–H groups in total. The van der Waals surface area contributed by atoms with Gasteiger partial charge in [0, 0.05) is 44.4 Å². The largest absolute Gasteiger partial charge is 0.309 e. The van der Waals surface area contributed by atoms with E-state index in [2.05, 4.69) is 167 Å². The van der Waals surface area contributed by atoms with Crippen molar-refractivity contribution >= 4 is 82.5 Å². The van der Waals surface area contributed by atoms with Crippen molar-refractivity contribution in [1.82, 2.24) is 14.1 Å². The maximum Gasteiger partial charge on any atom is 0.138 e. The zero-order valence-corrected chi connectivity index (χ0v) is 28.1. The number of fused-ring (bicyclic) bond motifs is 7. The van der Waals surface area contributed by atoms with Crippen molar-refractivity contribution in [2.24, 2.45) is 0 Å². The molecule has 1 aliphatic rings. The van der Waals surface area contributed by atoms with Crippen molar-refractivity contribution in [3.63, 3.8) is 0 Å². The zero-order chi connectivity index (χ0) is 34.5. The van der Waals surface area contributed by atoms with E-state index in [1.54, 1.807) is 0 Å². The van der Waals surface area contributed by atoms with Gasteiger partial charge in [0.15, 0.2) is 0 Å². The molecule has 0 unspecified atom stereocenters. The van der Waals surface area contributed by atoms with Crippen LogP contribution in [0.4, 0.5) is 0 Å². The van der Waals surface area contributed by atoms with E-state index in [-0.39, 0.29) is 0 Å². The van der Waals surface area contributed by atoms with Crippen LogP contribution in [0.25, 0.3) is 98.9 Å². The molecule has 10 aromatic rings. The second kappa shape index (κ2) is 10.7. The Kier molecular flexibility index (Phi) is 5.93. The Bertz CT molecular complexity index is 3210. The van der Waals surface area contributed by atoms with Crippen LogP contribution in [0.15, 0.2) is 164 Å². The van der Waals surface area contributed by atoms with Gasteiger partial charge in [-0.05, 0) is 99.1 Å². The summed E-state index contributed by atoms with van der Waals surface area (Å²) < 4.78 is 4.66. The molecule has 0 fully saturated rings. The van der Waals surface area contributed by atoms with Gasteiger partial charge < -0.3 is 9.98 Å². The summed E-state index contributed by atoms with van der Waals surface area (Å²) in [5.41, 5.74) is 11.8. The molecule has 242 valence electrons. The Morgan fingerprint density at radius 3 is 1.90 bits per heavy atom. The molecule has 4 nitrogen and oxygen atoms in total. The number of allylic oxidation sites excluding steroid dienone is 3. The fourth-order valence-electron chi connectivity index (χ4n) is 8.61. The number of rotatable bonds is 5. The molecule has 1 aliphatic carbocycles. The van der Waals surface area contributed by atoms with E-state index in [0.717, 1.165) is 61.3 Å². The van der Waals surface area contributed by atoms with Gasteiger partial charge in [-0.15, -0.1) is 0 Å². The third-order valence-corrected chi connectivity index (χ3v) is 10.9. The van der Waals surface area contributed by atoms with E-state index in [1.807, 2.05) is 6.08 Å². The van der Waals surface area contributed by atoms with E-state index in [0.29, 0.717) is 0 Å². The number of nitrogens with zero attached hydrogens (tertiary/aromatic N) is 3. The highest BCUT2D eigenvalue weighted by molar-refractivity contribution is 6.29. The molecular weight excluding hydrogens is 633 g/mol. The van der Waals surface area contributed by atoms with Crippen molar-refractivity contribution in [1.29, 1.82) is 5.41 Å². The lowest BCUT2D eigenvalue weighted by molar-refractivity contribution is 1.08. The molecule has 0 atom stereocenters. The maximum absolute atomic E-state index is 8.28. The summed E-state index contributed by atoms with van der Waals surface area (Å²) in [7, 11) is 0. The second-order valence-electron chi connectivity index (χ2n) is 13.6.